The summed E-state index contributed by atoms with van der Waals surface area (Å²) in [6.45, 7) is 6.85. The van der Waals surface area contributed by atoms with Crippen molar-refractivity contribution in [3.05, 3.63) is 12.3 Å². The van der Waals surface area contributed by atoms with Crippen LogP contribution >= 0.6 is 0 Å². The number of rotatable bonds is 3. The van der Waals surface area contributed by atoms with Gasteiger partial charge in [-0.25, -0.2) is 4.79 Å². The van der Waals surface area contributed by atoms with Gasteiger partial charge in [0.1, 0.15) is 6.04 Å². The molecule has 10 heavy (non-hydrogen) atoms. The molecule has 0 aliphatic carbocycles. The first-order valence-electron chi connectivity index (χ1n) is 3.20. The molecule has 1 atom stereocenters. The molecule has 0 aromatic carbocycles. The molecular formula is C7H13NO2. The van der Waals surface area contributed by atoms with E-state index in [0.717, 1.165) is 0 Å². The zero-order valence-electron chi connectivity index (χ0n) is 6.39. The third-order valence-corrected chi connectivity index (χ3v) is 1.02. The number of allylic oxidation sites excluding steroid dienone is 1. The standard InChI is InChI=1S/C7H13NO2/c1-4-6(8)7(9)10-5(2)3/h6H,2,4,8H2,1,3H3/t6-/m0/s1. The minimum atomic E-state index is -0.517. The molecule has 0 aromatic heterocycles. The summed E-state index contributed by atoms with van der Waals surface area (Å²) in [7, 11) is 0. The second-order valence-electron chi connectivity index (χ2n) is 2.14. The number of ether oxygens (including phenoxy) is 1. The summed E-state index contributed by atoms with van der Waals surface area (Å²) in [5, 5.41) is 0. The predicted molar refractivity (Wildman–Crippen MR) is 39.2 cm³/mol. The Morgan fingerprint density at radius 1 is 1.80 bits per heavy atom. The van der Waals surface area contributed by atoms with Gasteiger partial charge in [0, 0.05) is 0 Å². The maximum absolute atomic E-state index is 10.8. The maximum atomic E-state index is 10.8. The van der Waals surface area contributed by atoms with Crippen LogP contribution in [0.4, 0.5) is 0 Å². The Morgan fingerprint density at radius 3 is 2.60 bits per heavy atom. The van der Waals surface area contributed by atoms with Gasteiger partial charge in [-0.1, -0.05) is 13.5 Å². The highest BCUT2D eigenvalue weighted by atomic mass is 16.5. The SMILES string of the molecule is C=C(C)OC(=O)[C@@H](N)CC. The Kier molecular flexibility index (Phi) is 3.72. The van der Waals surface area contributed by atoms with Crippen LogP contribution in [0.2, 0.25) is 0 Å². The minimum Gasteiger partial charge on any atom is -0.431 e. The van der Waals surface area contributed by atoms with Crippen LogP contribution in [-0.2, 0) is 9.53 Å². The fourth-order valence-electron chi connectivity index (χ4n) is 0.414. The summed E-state index contributed by atoms with van der Waals surface area (Å²) >= 11 is 0. The molecule has 0 heterocycles. The molecule has 0 spiro atoms. The monoisotopic (exact) mass is 143 g/mol. The topological polar surface area (TPSA) is 52.3 Å². The molecule has 0 rings (SSSR count). The second-order valence-corrected chi connectivity index (χ2v) is 2.14. The van der Waals surface area contributed by atoms with Gasteiger partial charge in [-0.3, -0.25) is 0 Å². The lowest BCUT2D eigenvalue weighted by molar-refractivity contribution is -0.140. The third kappa shape index (κ3) is 3.25. The quantitative estimate of drug-likeness (QED) is 0.469. The molecule has 2 N–H and O–H groups in total. The molecule has 0 unspecified atom stereocenters. The fraction of sp³-hybridized carbons (Fsp3) is 0.571. The number of carbonyl (C=O) groups is 1. The van der Waals surface area contributed by atoms with Crippen LogP contribution < -0.4 is 5.73 Å². The van der Waals surface area contributed by atoms with E-state index in [9.17, 15) is 4.79 Å². The predicted octanol–water partition coefficient (Wildman–Crippen LogP) is 0.800. The molecule has 0 aliphatic rings. The highest BCUT2D eigenvalue weighted by Crippen LogP contribution is 1.96. The van der Waals surface area contributed by atoms with Gasteiger partial charge in [-0.15, -0.1) is 0 Å². The smallest absolute Gasteiger partial charge is 0.327 e. The fourth-order valence-corrected chi connectivity index (χ4v) is 0.414. The Bertz CT molecular complexity index is 143. The van der Waals surface area contributed by atoms with Gasteiger partial charge < -0.3 is 10.5 Å². The van der Waals surface area contributed by atoms with Crippen molar-refractivity contribution in [1.82, 2.24) is 0 Å². The van der Waals surface area contributed by atoms with Gasteiger partial charge in [-0.2, -0.15) is 0 Å². The summed E-state index contributed by atoms with van der Waals surface area (Å²) in [5.41, 5.74) is 5.35. The van der Waals surface area contributed by atoms with Gasteiger partial charge in [0.05, 0.1) is 5.76 Å². The van der Waals surface area contributed by atoms with Gasteiger partial charge in [0.15, 0.2) is 0 Å². The summed E-state index contributed by atoms with van der Waals surface area (Å²) in [4.78, 5) is 10.8. The lowest BCUT2D eigenvalue weighted by atomic mass is 10.2. The lowest BCUT2D eigenvalue weighted by Crippen LogP contribution is -2.30. The van der Waals surface area contributed by atoms with Crippen molar-refractivity contribution >= 4 is 5.97 Å². The molecular weight excluding hydrogens is 130 g/mol. The van der Waals surface area contributed by atoms with Crippen molar-refractivity contribution in [2.24, 2.45) is 5.73 Å². The Hall–Kier alpha value is -0.830. The highest BCUT2D eigenvalue weighted by molar-refractivity contribution is 5.76. The molecule has 3 heteroatoms. The first-order valence-corrected chi connectivity index (χ1v) is 3.20. The Balaban J connectivity index is 3.73. The lowest BCUT2D eigenvalue weighted by Gasteiger charge is -2.07. The van der Waals surface area contributed by atoms with Crippen LogP contribution in [0, 0.1) is 0 Å². The van der Waals surface area contributed by atoms with Crippen molar-refractivity contribution in [3.8, 4) is 0 Å². The van der Waals surface area contributed by atoms with Crippen LogP contribution in [0.25, 0.3) is 0 Å². The summed E-state index contributed by atoms with van der Waals surface area (Å²) in [6, 6.07) is -0.517. The molecule has 0 aromatic rings. The van der Waals surface area contributed by atoms with E-state index in [1.54, 1.807) is 6.92 Å². The Labute approximate surface area is 60.9 Å². The second kappa shape index (κ2) is 4.06. The van der Waals surface area contributed by atoms with Crippen molar-refractivity contribution in [3.63, 3.8) is 0 Å². The van der Waals surface area contributed by atoms with E-state index in [1.165, 1.54) is 0 Å². The van der Waals surface area contributed by atoms with Crippen molar-refractivity contribution in [2.45, 2.75) is 26.3 Å². The number of nitrogens with two attached hydrogens (primary N) is 1. The Morgan fingerprint density at radius 2 is 2.30 bits per heavy atom. The molecule has 0 bridgehead atoms. The van der Waals surface area contributed by atoms with E-state index in [0.29, 0.717) is 12.2 Å². The minimum absolute atomic E-state index is 0.383. The van der Waals surface area contributed by atoms with E-state index >= 15 is 0 Å². The number of carbonyl (C=O) groups excluding carboxylic acids is 1. The third-order valence-electron chi connectivity index (χ3n) is 1.02. The summed E-state index contributed by atoms with van der Waals surface area (Å²) in [6.07, 6.45) is 0.589. The van der Waals surface area contributed by atoms with Crippen molar-refractivity contribution < 1.29 is 9.53 Å². The average molecular weight is 143 g/mol. The van der Waals surface area contributed by atoms with Gasteiger partial charge in [0.25, 0.3) is 0 Å². The molecule has 3 nitrogen and oxygen atoms in total. The highest BCUT2D eigenvalue weighted by Gasteiger charge is 2.11. The zero-order valence-corrected chi connectivity index (χ0v) is 6.39. The number of hydrogen-bond acceptors (Lipinski definition) is 3. The van der Waals surface area contributed by atoms with E-state index in [1.807, 2.05) is 6.92 Å². The van der Waals surface area contributed by atoms with Crippen LogP contribution in [-0.4, -0.2) is 12.0 Å². The maximum Gasteiger partial charge on any atom is 0.327 e. The van der Waals surface area contributed by atoms with Crippen LogP contribution in [0.3, 0.4) is 0 Å². The first-order chi connectivity index (χ1) is 4.57. The molecule has 0 saturated heterocycles. The molecule has 0 saturated carbocycles. The molecule has 0 aliphatic heterocycles. The van der Waals surface area contributed by atoms with E-state index in [-0.39, 0.29) is 0 Å². The average Bonchev–Trinajstić information content (AvgIpc) is 1.85. The van der Waals surface area contributed by atoms with Crippen LogP contribution in [0.5, 0.6) is 0 Å². The molecule has 58 valence electrons. The van der Waals surface area contributed by atoms with Crippen LogP contribution in [0.1, 0.15) is 20.3 Å². The van der Waals surface area contributed by atoms with E-state index in [2.05, 4.69) is 11.3 Å². The summed E-state index contributed by atoms with van der Waals surface area (Å²) in [5.74, 6) is -0.0242. The molecule has 0 radical (unpaired) electrons. The van der Waals surface area contributed by atoms with Gasteiger partial charge in [-0.05, 0) is 13.3 Å². The van der Waals surface area contributed by atoms with Gasteiger partial charge >= 0.3 is 5.97 Å². The molecule has 0 amide bonds. The van der Waals surface area contributed by atoms with Gasteiger partial charge in [0.2, 0.25) is 0 Å². The zero-order chi connectivity index (χ0) is 8.15. The first kappa shape index (κ1) is 9.17. The van der Waals surface area contributed by atoms with Crippen molar-refractivity contribution in [1.29, 1.82) is 0 Å². The molecule has 0 fully saturated rings. The van der Waals surface area contributed by atoms with E-state index in [4.69, 9.17) is 5.73 Å². The van der Waals surface area contributed by atoms with E-state index < -0.39 is 12.0 Å². The summed E-state index contributed by atoms with van der Waals surface area (Å²) < 4.78 is 4.64. The van der Waals surface area contributed by atoms with Crippen LogP contribution in [0.15, 0.2) is 12.3 Å². The normalized spacial score (nSPS) is 12.3. The largest absolute Gasteiger partial charge is 0.431 e. The number of esters is 1. The number of hydrogen-bond donors (Lipinski definition) is 1. The van der Waals surface area contributed by atoms with Crippen molar-refractivity contribution in [2.75, 3.05) is 0 Å².